The van der Waals surface area contributed by atoms with Crippen molar-refractivity contribution in [2.24, 2.45) is 0 Å². The van der Waals surface area contributed by atoms with Gasteiger partial charge >= 0.3 is 6.03 Å². The number of carbonyl (C=O) groups is 1. The highest BCUT2D eigenvalue weighted by molar-refractivity contribution is 7.09. The molecule has 0 radical (unpaired) electrons. The van der Waals surface area contributed by atoms with E-state index in [1.807, 2.05) is 35.7 Å². The number of nitrogens with one attached hydrogen (secondary N) is 2. The molecule has 1 aromatic heterocycles. The minimum absolute atomic E-state index is 0.112. The summed E-state index contributed by atoms with van der Waals surface area (Å²) in [6, 6.07) is 14.0. The molecule has 2 N–H and O–H groups in total. The van der Waals surface area contributed by atoms with Crippen LogP contribution in [0.3, 0.4) is 0 Å². The Labute approximate surface area is 111 Å². The first-order chi connectivity index (χ1) is 8.84. The molecule has 3 nitrogen and oxygen atoms in total. The van der Waals surface area contributed by atoms with Gasteiger partial charge in [-0.3, -0.25) is 0 Å². The van der Waals surface area contributed by atoms with E-state index in [1.165, 1.54) is 5.56 Å². The van der Waals surface area contributed by atoms with Crippen LogP contribution in [0.4, 0.5) is 4.79 Å². The van der Waals surface area contributed by atoms with E-state index in [0.29, 0.717) is 13.1 Å². The second kappa shape index (κ2) is 6.81. The summed E-state index contributed by atoms with van der Waals surface area (Å²) in [7, 11) is 0. The standard InChI is InChI=1S/C14H16N2OS/c17-14(16-11-13-7-4-10-18-13)15-9-8-12-5-2-1-3-6-12/h1-7,10H,8-9,11H2,(H2,15,16,17). The molecule has 0 atom stereocenters. The minimum atomic E-state index is -0.112. The molecule has 0 fully saturated rings. The van der Waals surface area contributed by atoms with Gasteiger partial charge in [-0.2, -0.15) is 0 Å². The van der Waals surface area contributed by atoms with Crippen LogP contribution in [0.1, 0.15) is 10.4 Å². The molecular weight excluding hydrogens is 244 g/mol. The lowest BCUT2D eigenvalue weighted by Gasteiger charge is -2.06. The molecule has 1 aromatic carbocycles. The lowest BCUT2D eigenvalue weighted by Crippen LogP contribution is -2.35. The smallest absolute Gasteiger partial charge is 0.315 e. The van der Waals surface area contributed by atoms with E-state index in [-0.39, 0.29) is 6.03 Å². The molecule has 0 saturated heterocycles. The third-order valence-corrected chi connectivity index (χ3v) is 3.42. The van der Waals surface area contributed by atoms with Crippen molar-refractivity contribution in [3.05, 3.63) is 58.3 Å². The molecule has 0 spiro atoms. The fraction of sp³-hybridized carbons (Fsp3) is 0.214. The van der Waals surface area contributed by atoms with Crippen LogP contribution in [0.2, 0.25) is 0 Å². The van der Waals surface area contributed by atoms with E-state index in [9.17, 15) is 4.79 Å². The molecule has 0 saturated carbocycles. The number of hydrogen-bond acceptors (Lipinski definition) is 2. The van der Waals surface area contributed by atoms with E-state index >= 15 is 0 Å². The Morgan fingerprint density at radius 1 is 1.06 bits per heavy atom. The van der Waals surface area contributed by atoms with E-state index in [1.54, 1.807) is 11.3 Å². The second-order valence-electron chi connectivity index (χ2n) is 3.92. The van der Waals surface area contributed by atoms with E-state index in [0.717, 1.165) is 11.3 Å². The Balaban J connectivity index is 1.63. The van der Waals surface area contributed by atoms with Crippen LogP contribution in [0.25, 0.3) is 0 Å². The average Bonchev–Trinajstić information content (AvgIpc) is 2.91. The lowest BCUT2D eigenvalue weighted by atomic mass is 10.1. The molecule has 18 heavy (non-hydrogen) atoms. The molecule has 0 unspecified atom stereocenters. The first kappa shape index (κ1) is 12.6. The van der Waals surface area contributed by atoms with Gasteiger partial charge in [-0.15, -0.1) is 11.3 Å². The predicted molar refractivity (Wildman–Crippen MR) is 74.7 cm³/mol. The molecule has 2 aromatic rings. The molecular formula is C14H16N2OS. The summed E-state index contributed by atoms with van der Waals surface area (Å²) in [5, 5.41) is 7.68. The van der Waals surface area contributed by atoms with Crippen molar-refractivity contribution in [2.45, 2.75) is 13.0 Å². The van der Waals surface area contributed by atoms with E-state index in [4.69, 9.17) is 0 Å². The minimum Gasteiger partial charge on any atom is -0.338 e. The summed E-state index contributed by atoms with van der Waals surface area (Å²) >= 11 is 1.64. The van der Waals surface area contributed by atoms with Crippen LogP contribution in [0.5, 0.6) is 0 Å². The van der Waals surface area contributed by atoms with Gasteiger partial charge in [0.15, 0.2) is 0 Å². The Morgan fingerprint density at radius 3 is 2.61 bits per heavy atom. The van der Waals surface area contributed by atoms with Gasteiger partial charge in [0.1, 0.15) is 0 Å². The highest BCUT2D eigenvalue weighted by atomic mass is 32.1. The van der Waals surface area contributed by atoms with Crippen LogP contribution < -0.4 is 10.6 Å². The number of benzene rings is 1. The number of amides is 2. The van der Waals surface area contributed by atoms with Crippen molar-refractivity contribution >= 4 is 17.4 Å². The first-order valence-electron chi connectivity index (χ1n) is 5.92. The van der Waals surface area contributed by atoms with Gasteiger partial charge < -0.3 is 10.6 Å². The zero-order valence-corrected chi connectivity index (χ0v) is 10.9. The Kier molecular flexibility index (Phi) is 4.78. The van der Waals surface area contributed by atoms with Crippen LogP contribution >= 0.6 is 11.3 Å². The summed E-state index contributed by atoms with van der Waals surface area (Å²) in [6.07, 6.45) is 0.854. The third-order valence-electron chi connectivity index (χ3n) is 2.55. The van der Waals surface area contributed by atoms with Crippen molar-refractivity contribution in [2.75, 3.05) is 6.54 Å². The quantitative estimate of drug-likeness (QED) is 0.852. The highest BCUT2D eigenvalue weighted by Gasteiger charge is 2.00. The molecule has 0 aliphatic heterocycles. The van der Waals surface area contributed by atoms with Crippen LogP contribution in [0, 0.1) is 0 Å². The number of hydrogen-bond donors (Lipinski definition) is 2. The van der Waals surface area contributed by atoms with Crippen molar-refractivity contribution in [1.82, 2.24) is 10.6 Å². The van der Waals surface area contributed by atoms with Crippen molar-refractivity contribution in [3.63, 3.8) is 0 Å². The van der Waals surface area contributed by atoms with Crippen molar-refractivity contribution in [3.8, 4) is 0 Å². The SMILES string of the molecule is O=C(NCCc1ccccc1)NCc1cccs1. The van der Waals surface area contributed by atoms with Gasteiger partial charge in [0.25, 0.3) is 0 Å². The zero-order valence-electron chi connectivity index (χ0n) is 10.1. The Bertz CT molecular complexity index is 468. The monoisotopic (exact) mass is 260 g/mol. The predicted octanol–water partition coefficient (Wildman–Crippen LogP) is 2.79. The Morgan fingerprint density at radius 2 is 1.89 bits per heavy atom. The van der Waals surface area contributed by atoms with Gasteiger partial charge in [-0.1, -0.05) is 36.4 Å². The molecule has 2 amide bonds. The molecule has 0 bridgehead atoms. The van der Waals surface area contributed by atoms with E-state index in [2.05, 4.69) is 22.8 Å². The summed E-state index contributed by atoms with van der Waals surface area (Å²) in [5.41, 5.74) is 1.23. The number of rotatable bonds is 5. The summed E-state index contributed by atoms with van der Waals surface area (Å²) < 4.78 is 0. The second-order valence-corrected chi connectivity index (χ2v) is 4.96. The summed E-state index contributed by atoms with van der Waals surface area (Å²) in [4.78, 5) is 12.7. The van der Waals surface area contributed by atoms with Gasteiger partial charge in [-0.05, 0) is 23.4 Å². The molecule has 0 aliphatic rings. The zero-order chi connectivity index (χ0) is 12.6. The molecule has 1 heterocycles. The van der Waals surface area contributed by atoms with Crippen LogP contribution in [-0.4, -0.2) is 12.6 Å². The maximum absolute atomic E-state index is 11.5. The van der Waals surface area contributed by atoms with Gasteiger partial charge in [0, 0.05) is 11.4 Å². The van der Waals surface area contributed by atoms with E-state index < -0.39 is 0 Å². The molecule has 2 rings (SSSR count). The van der Waals surface area contributed by atoms with Gasteiger partial charge in [0.2, 0.25) is 0 Å². The highest BCUT2D eigenvalue weighted by Crippen LogP contribution is 2.07. The molecule has 94 valence electrons. The normalized spacial score (nSPS) is 10.0. The third kappa shape index (κ3) is 4.22. The van der Waals surface area contributed by atoms with Gasteiger partial charge in [0.05, 0.1) is 6.54 Å². The summed E-state index contributed by atoms with van der Waals surface area (Å²) in [5.74, 6) is 0. The molecule has 4 heteroatoms. The fourth-order valence-electron chi connectivity index (χ4n) is 1.61. The number of carbonyl (C=O) groups excluding carboxylic acids is 1. The Hall–Kier alpha value is -1.81. The van der Waals surface area contributed by atoms with Crippen LogP contribution in [-0.2, 0) is 13.0 Å². The fourth-order valence-corrected chi connectivity index (χ4v) is 2.25. The first-order valence-corrected chi connectivity index (χ1v) is 6.80. The topological polar surface area (TPSA) is 41.1 Å². The largest absolute Gasteiger partial charge is 0.338 e. The molecule has 0 aliphatic carbocycles. The average molecular weight is 260 g/mol. The van der Waals surface area contributed by atoms with Crippen molar-refractivity contribution in [1.29, 1.82) is 0 Å². The maximum Gasteiger partial charge on any atom is 0.315 e. The van der Waals surface area contributed by atoms with Crippen molar-refractivity contribution < 1.29 is 4.79 Å². The van der Waals surface area contributed by atoms with Crippen LogP contribution in [0.15, 0.2) is 47.8 Å². The number of urea groups is 1. The maximum atomic E-state index is 11.5. The van der Waals surface area contributed by atoms with Gasteiger partial charge in [-0.25, -0.2) is 4.79 Å². The number of thiophene rings is 1. The lowest BCUT2D eigenvalue weighted by molar-refractivity contribution is 0.240. The summed E-state index contributed by atoms with van der Waals surface area (Å²) in [6.45, 7) is 1.25.